The van der Waals surface area contributed by atoms with Crippen LogP contribution in [0.1, 0.15) is 56.9 Å². The zero-order valence-corrected chi connectivity index (χ0v) is 18.4. The third-order valence-corrected chi connectivity index (χ3v) is 6.71. The molecule has 1 aromatic rings. The Morgan fingerprint density at radius 2 is 1.72 bits per heavy atom. The minimum atomic E-state index is 0.0249. The standard InChI is InChI=1S/C22H31Cl2N3O2/c23-19-7-6-16(14-20(19)24)15-27-12-9-18(10-13-27)26-21(28)8-11-25-22(29)17-4-2-1-3-5-17/h6-7,14,17-18H,1-5,8-13,15H2,(H,25,29)(H,26,28). The lowest BCUT2D eigenvalue weighted by atomic mass is 9.89. The molecule has 1 saturated heterocycles. The Labute approximate surface area is 183 Å². The van der Waals surface area contributed by atoms with Crippen LogP contribution in [0.4, 0.5) is 0 Å². The summed E-state index contributed by atoms with van der Waals surface area (Å²) in [6.07, 6.45) is 7.70. The van der Waals surface area contributed by atoms with Gasteiger partial charge in [-0.15, -0.1) is 0 Å². The van der Waals surface area contributed by atoms with Crippen LogP contribution < -0.4 is 10.6 Å². The highest BCUT2D eigenvalue weighted by Gasteiger charge is 2.22. The summed E-state index contributed by atoms with van der Waals surface area (Å²) in [5.41, 5.74) is 1.15. The van der Waals surface area contributed by atoms with E-state index in [1.165, 1.54) is 6.42 Å². The van der Waals surface area contributed by atoms with E-state index in [1.54, 1.807) is 0 Å². The zero-order valence-electron chi connectivity index (χ0n) is 16.9. The van der Waals surface area contributed by atoms with Gasteiger partial charge in [-0.2, -0.15) is 0 Å². The molecule has 0 unspecified atom stereocenters. The lowest BCUT2D eigenvalue weighted by Crippen LogP contribution is -2.45. The van der Waals surface area contributed by atoms with Gasteiger partial charge in [-0.1, -0.05) is 48.5 Å². The van der Waals surface area contributed by atoms with E-state index in [0.29, 0.717) is 23.0 Å². The lowest BCUT2D eigenvalue weighted by Gasteiger charge is -2.32. The fourth-order valence-electron chi connectivity index (χ4n) is 4.24. The maximum atomic E-state index is 12.2. The van der Waals surface area contributed by atoms with Crippen molar-refractivity contribution in [1.29, 1.82) is 0 Å². The molecule has 7 heteroatoms. The van der Waals surface area contributed by atoms with Gasteiger partial charge in [-0.3, -0.25) is 14.5 Å². The van der Waals surface area contributed by atoms with E-state index in [-0.39, 0.29) is 23.8 Å². The molecule has 3 rings (SSSR count). The molecule has 2 fully saturated rings. The number of nitrogens with zero attached hydrogens (tertiary/aromatic N) is 1. The van der Waals surface area contributed by atoms with E-state index < -0.39 is 0 Å². The first kappa shape index (κ1) is 22.4. The van der Waals surface area contributed by atoms with E-state index in [0.717, 1.165) is 63.7 Å². The Morgan fingerprint density at radius 1 is 1.00 bits per heavy atom. The number of piperidine rings is 1. The average molecular weight is 440 g/mol. The second kappa shape index (κ2) is 11.2. The number of rotatable bonds is 7. The summed E-state index contributed by atoms with van der Waals surface area (Å²) in [5, 5.41) is 7.21. The highest BCUT2D eigenvalue weighted by Crippen LogP contribution is 2.24. The molecule has 0 bridgehead atoms. The number of amides is 2. The summed E-state index contributed by atoms with van der Waals surface area (Å²) >= 11 is 12.1. The molecule has 1 aliphatic heterocycles. The smallest absolute Gasteiger partial charge is 0.223 e. The molecule has 1 aromatic carbocycles. The SMILES string of the molecule is O=C(CCNC(=O)C1CCCCC1)NC1CCN(Cc2ccc(Cl)c(Cl)c2)CC1. The Morgan fingerprint density at radius 3 is 2.41 bits per heavy atom. The molecule has 0 aromatic heterocycles. The van der Waals surface area contributed by atoms with Crippen molar-refractivity contribution < 1.29 is 9.59 Å². The molecule has 1 heterocycles. The predicted molar refractivity (Wildman–Crippen MR) is 117 cm³/mol. The van der Waals surface area contributed by atoms with Gasteiger partial charge < -0.3 is 10.6 Å². The average Bonchev–Trinajstić information content (AvgIpc) is 2.73. The Kier molecular flexibility index (Phi) is 8.64. The summed E-state index contributed by atoms with van der Waals surface area (Å²) in [7, 11) is 0. The molecule has 5 nitrogen and oxygen atoms in total. The minimum absolute atomic E-state index is 0.0249. The highest BCUT2D eigenvalue weighted by molar-refractivity contribution is 6.42. The van der Waals surface area contributed by atoms with Crippen molar-refractivity contribution in [2.75, 3.05) is 19.6 Å². The van der Waals surface area contributed by atoms with Crippen LogP contribution in [-0.2, 0) is 16.1 Å². The van der Waals surface area contributed by atoms with Gasteiger partial charge in [0.2, 0.25) is 11.8 Å². The van der Waals surface area contributed by atoms with Gasteiger partial charge in [0.15, 0.2) is 0 Å². The first-order valence-electron chi connectivity index (χ1n) is 10.7. The van der Waals surface area contributed by atoms with E-state index in [1.807, 2.05) is 18.2 Å². The fourth-order valence-corrected chi connectivity index (χ4v) is 4.56. The Balaban J connectivity index is 1.31. The van der Waals surface area contributed by atoms with E-state index >= 15 is 0 Å². The maximum absolute atomic E-state index is 12.2. The van der Waals surface area contributed by atoms with E-state index in [4.69, 9.17) is 23.2 Å². The molecular formula is C22H31Cl2N3O2. The largest absolute Gasteiger partial charge is 0.355 e. The molecule has 2 amide bonds. The van der Waals surface area contributed by atoms with Crippen LogP contribution in [0.2, 0.25) is 10.0 Å². The van der Waals surface area contributed by atoms with Crippen LogP contribution in [0.5, 0.6) is 0 Å². The topological polar surface area (TPSA) is 61.4 Å². The summed E-state index contributed by atoms with van der Waals surface area (Å²) in [5.74, 6) is 0.289. The van der Waals surface area contributed by atoms with Gasteiger partial charge in [0.05, 0.1) is 10.0 Å². The third kappa shape index (κ3) is 7.16. The molecule has 2 N–H and O–H groups in total. The van der Waals surface area contributed by atoms with E-state index in [9.17, 15) is 9.59 Å². The number of nitrogens with one attached hydrogen (secondary N) is 2. The van der Waals surface area contributed by atoms with Gasteiger partial charge in [-0.05, 0) is 43.4 Å². The first-order chi connectivity index (χ1) is 14.0. The normalized spacial score (nSPS) is 19.1. The van der Waals surface area contributed by atoms with Crippen LogP contribution >= 0.6 is 23.2 Å². The quantitative estimate of drug-likeness (QED) is 0.670. The Hall–Kier alpha value is -1.30. The van der Waals surface area contributed by atoms with Crippen molar-refractivity contribution in [3.8, 4) is 0 Å². The maximum Gasteiger partial charge on any atom is 0.223 e. The predicted octanol–water partition coefficient (Wildman–Crippen LogP) is 4.16. The molecule has 0 atom stereocenters. The van der Waals surface area contributed by atoms with Crippen LogP contribution in [0, 0.1) is 5.92 Å². The van der Waals surface area contributed by atoms with Crippen molar-refractivity contribution in [3.63, 3.8) is 0 Å². The number of benzene rings is 1. The Bertz CT molecular complexity index is 699. The number of carbonyl (C=O) groups excluding carboxylic acids is 2. The number of hydrogen-bond acceptors (Lipinski definition) is 3. The monoisotopic (exact) mass is 439 g/mol. The van der Waals surface area contributed by atoms with Crippen molar-refractivity contribution in [2.45, 2.75) is 64.0 Å². The number of hydrogen-bond donors (Lipinski definition) is 2. The van der Waals surface area contributed by atoms with Gasteiger partial charge in [0.1, 0.15) is 0 Å². The molecular weight excluding hydrogens is 409 g/mol. The van der Waals surface area contributed by atoms with Crippen molar-refractivity contribution in [2.24, 2.45) is 5.92 Å². The summed E-state index contributed by atoms with van der Waals surface area (Å²) in [6.45, 7) is 3.13. The van der Waals surface area contributed by atoms with Crippen molar-refractivity contribution in [3.05, 3.63) is 33.8 Å². The van der Waals surface area contributed by atoms with Gasteiger partial charge in [0.25, 0.3) is 0 Å². The van der Waals surface area contributed by atoms with Crippen molar-refractivity contribution >= 4 is 35.0 Å². The summed E-state index contributed by atoms with van der Waals surface area (Å²) < 4.78 is 0. The molecule has 0 spiro atoms. The second-order valence-electron chi connectivity index (χ2n) is 8.24. The second-order valence-corrected chi connectivity index (χ2v) is 9.06. The van der Waals surface area contributed by atoms with Crippen LogP contribution in [0.3, 0.4) is 0 Å². The van der Waals surface area contributed by atoms with E-state index in [2.05, 4.69) is 15.5 Å². The summed E-state index contributed by atoms with van der Waals surface area (Å²) in [6, 6.07) is 5.96. The molecule has 1 aliphatic carbocycles. The van der Waals surface area contributed by atoms with Gasteiger partial charge in [-0.25, -0.2) is 0 Å². The molecule has 0 radical (unpaired) electrons. The van der Waals surface area contributed by atoms with Crippen LogP contribution in [-0.4, -0.2) is 42.4 Å². The van der Waals surface area contributed by atoms with Crippen LogP contribution in [0.15, 0.2) is 18.2 Å². The number of likely N-dealkylation sites (tertiary alicyclic amines) is 1. The lowest BCUT2D eigenvalue weighted by molar-refractivity contribution is -0.126. The molecule has 2 aliphatic rings. The summed E-state index contributed by atoms with van der Waals surface area (Å²) in [4.78, 5) is 26.7. The third-order valence-electron chi connectivity index (χ3n) is 5.97. The molecule has 29 heavy (non-hydrogen) atoms. The zero-order chi connectivity index (χ0) is 20.6. The highest BCUT2D eigenvalue weighted by atomic mass is 35.5. The minimum Gasteiger partial charge on any atom is -0.355 e. The van der Waals surface area contributed by atoms with Gasteiger partial charge >= 0.3 is 0 Å². The van der Waals surface area contributed by atoms with Crippen molar-refractivity contribution in [1.82, 2.24) is 15.5 Å². The van der Waals surface area contributed by atoms with Crippen LogP contribution in [0.25, 0.3) is 0 Å². The fraction of sp³-hybridized carbons (Fsp3) is 0.636. The molecule has 160 valence electrons. The van der Waals surface area contributed by atoms with Gasteiger partial charge in [0, 0.05) is 44.6 Å². The molecule has 1 saturated carbocycles. The number of carbonyl (C=O) groups is 2. The number of halogens is 2. The first-order valence-corrected chi connectivity index (χ1v) is 11.5.